The van der Waals surface area contributed by atoms with E-state index in [9.17, 15) is 9.59 Å². The van der Waals surface area contributed by atoms with Gasteiger partial charge in [-0.15, -0.1) is 0 Å². The Morgan fingerprint density at radius 3 is 2.67 bits per heavy atom. The molecule has 1 aromatic heterocycles. The first-order valence-corrected chi connectivity index (χ1v) is 5.95. The molecule has 0 amide bonds. The number of aromatic nitrogens is 2. The lowest BCUT2D eigenvalue weighted by molar-refractivity contribution is 0.760. The molecule has 0 aliphatic carbocycles. The maximum Gasteiger partial charge on any atom is 0.334 e. The lowest BCUT2D eigenvalue weighted by Crippen LogP contribution is -2.38. The maximum absolute atomic E-state index is 12.3. The highest BCUT2D eigenvalue weighted by atomic mass is 16.2. The maximum atomic E-state index is 12.3. The summed E-state index contributed by atoms with van der Waals surface area (Å²) in [4.78, 5) is 27.0. The summed E-state index contributed by atoms with van der Waals surface area (Å²) in [6.07, 6.45) is 1.61. The molecule has 0 radical (unpaired) electrons. The summed E-state index contributed by atoms with van der Waals surface area (Å²) < 4.78 is 1.19. The van der Waals surface area contributed by atoms with Crippen LogP contribution in [-0.4, -0.2) is 16.1 Å². The molecule has 18 heavy (non-hydrogen) atoms. The molecule has 0 fully saturated rings. The Kier molecular flexibility index (Phi) is 2.51. The molecule has 0 saturated carbocycles. The van der Waals surface area contributed by atoms with Crippen LogP contribution < -0.4 is 16.6 Å². The number of rotatable bonds is 1. The van der Waals surface area contributed by atoms with Crippen LogP contribution in [0.25, 0.3) is 5.69 Å². The van der Waals surface area contributed by atoms with Crippen molar-refractivity contribution in [3.05, 3.63) is 56.7 Å². The highest BCUT2D eigenvalue weighted by Gasteiger charge is 2.17. The third-order valence-electron chi connectivity index (χ3n) is 3.12. The Bertz CT molecular complexity index is 686. The van der Waals surface area contributed by atoms with Gasteiger partial charge in [-0.25, -0.2) is 9.36 Å². The van der Waals surface area contributed by atoms with E-state index < -0.39 is 5.69 Å². The predicted octanol–water partition coefficient (Wildman–Crippen LogP) is 0.884. The molecule has 2 N–H and O–H groups in total. The number of nitrogens with zero attached hydrogens (tertiary/aromatic N) is 1. The average molecular weight is 243 g/mol. The van der Waals surface area contributed by atoms with Crippen molar-refractivity contribution in [2.75, 3.05) is 11.9 Å². The van der Waals surface area contributed by atoms with Gasteiger partial charge in [0.15, 0.2) is 0 Å². The lowest BCUT2D eigenvalue weighted by atomic mass is 10.1. The van der Waals surface area contributed by atoms with Gasteiger partial charge in [0.25, 0.3) is 5.56 Å². The Morgan fingerprint density at radius 2 is 1.89 bits per heavy atom. The van der Waals surface area contributed by atoms with E-state index in [1.807, 2.05) is 6.07 Å². The normalized spacial score (nSPS) is 13.8. The molecule has 92 valence electrons. The van der Waals surface area contributed by atoms with Gasteiger partial charge < -0.3 is 5.32 Å². The summed E-state index contributed by atoms with van der Waals surface area (Å²) in [5.74, 6) is 0.573. The number of fused-ring (bicyclic) bond motifs is 1. The molecule has 1 aromatic carbocycles. The number of H-pyrrole nitrogens is 1. The number of benzene rings is 1. The van der Waals surface area contributed by atoms with Crippen molar-refractivity contribution < 1.29 is 0 Å². The van der Waals surface area contributed by atoms with Crippen molar-refractivity contribution in [2.24, 2.45) is 0 Å². The zero-order valence-electron chi connectivity index (χ0n) is 9.77. The molecule has 0 unspecified atom stereocenters. The monoisotopic (exact) mass is 243 g/mol. The van der Waals surface area contributed by atoms with Gasteiger partial charge in [0, 0.05) is 6.54 Å². The number of hydrogen-bond acceptors (Lipinski definition) is 3. The van der Waals surface area contributed by atoms with E-state index >= 15 is 0 Å². The van der Waals surface area contributed by atoms with Gasteiger partial charge >= 0.3 is 5.69 Å². The van der Waals surface area contributed by atoms with E-state index in [1.165, 1.54) is 4.57 Å². The SMILES string of the molecule is O=c1[nH]c2c(c(=O)n1-c1ccccc1)CCCN2. The minimum atomic E-state index is -0.403. The first-order chi connectivity index (χ1) is 8.77. The van der Waals surface area contributed by atoms with Gasteiger partial charge in [-0.05, 0) is 25.0 Å². The van der Waals surface area contributed by atoms with Crippen molar-refractivity contribution in [1.82, 2.24) is 9.55 Å². The summed E-state index contributed by atoms with van der Waals surface area (Å²) in [7, 11) is 0. The molecule has 1 aliphatic rings. The van der Waals surface area contributed by atoms with Crippen molar-refractivity contribution in [3.8, 4) is 5.69 Å². The fourth-order valence-corrected chi connectivity index (χ4v) is 2.25. The quantitative estimate of drug-likeness (QED) is 0.781. The molecule has 1 aliphatic heterocycles. The molecule has 0 saturated heterocycles. The predicted molar refractivity (Wildman–Crippen MR) is 69.5 cm³/mol. The molecular formula is C13H13N3O2. The topological polar surface area (TPSA) is 66.9 Å². The van der Waals surface area contributed by atoms with E-state index in [2.05, 4.69) is 10.3 Å². The summed E-state index contributed by atoms with van der Waals surface area (Å²) in [6, 6.07) is 8.96. The highest BCUT2D eigenvalue weighted by Crippen LogP contribution is 2.14. The highest BCUT2D eigenvalue weighted by molar-refractivity contribution is 5.46. The molecule has 5 heteroatoms. The second kappa shape index (κ2) is 4.18. The van der Waals surface area contributed by atoms with Crippen LogP contribution >= 0.6 is 0 Å². The van der Waals surface area contributed by atoms with Crippen molar-refractivity contribution in [1.29, 1.82) is 0 Å². The summed E-state index contributed by atoms with van der Waals surface area (Å²) in [5, 5.41) is 3.05. The molecule has 3 rings (SSSR count). The average Bonchev–Trinajstić information content (AvgIpc) is 2.40. The Morgan fingerprint density at radius 1 is 1.11 bits per heavy atom. The van der Waals surface area contributed by atoms with E-state index in [1.54, 1.807) is 24.3 Å². The summed E-state index contributed by atoms with van der Waals surface area (Å²) in [6.45, 7) is 0.789. The minimum Gasteiger partial charge on any atom is -0.371 e. The molecule has 2 aromatic rings. The smallest absolute Gasteiger partial charge is 0.334 e. The molecule has 0 atom stereocenters. The number of hydrogen-bond donors (Lipinski definition) is 2. The lowest BCUT2D eigenvalue weighted by Gasteiger charge is -2.17. The standard InChI is InChI=1S/C13H13N3O2/c17-12-10-7-4-8-14-11(10)15-13(18)16(12)9-5-2-1-3-6-9/h1-3,5-6,14H,4,7-8H2,(H,15,18). The van der Waals surface area contributed by atoms with Crippen molar-refractivity contribution in [3.63, 3.8) is 0 Å². The third kappa shape index (κ3) is 1.64. The van der Waals surface area contributed by atoms with Gasteiger partial charge in [0.05, 0.1) is 11.3 Å². The van der Waals surface area contributed by atoms with Gasteiger partial charge in [0.2, 0.25) is 0 Å². The summed E-state index contributed by atoms with van der Waals surface area (Å²) >= 11 is 0. The van der Waals surface area contributed by atoms with Crippen LogP contribution in [0.3, 0.4) is 0 Å². The Hall–Kier alpha value is -2.30. The van der Waals surface area contributed by atoms with Gasteiger partial charge in [-0.2, -0.15) is 0 Å². The minimum absolute atomic E-state index is 0.229. The Labute approximate surface area is 103 Å². The fourth-order valence-electron chi connectivity index (χ4n) is 2.25. The molecule has 2 heterocycles. The molecule has 5 nitrogen and oxygen atoms in total. The molecular weight excluding hydrogens is 230 g/mol. The Balaban J connectivity index is 2.29. The second-order valence-corrected chi connectivity index (χ2v) is 4.29. The van der Waals surface area contributed by atoms with Crippen LogP contribution in [0.15, 0.2) is 39.9 Å². The van der Waals surface area contributed by atoms with E-state index in [4.69, 9.17) is 0 Å². The van der Waals surface area contributed by atoms with E-state index in [-0.39, 0.29) is 5.56 Å². The summed E-state index contributed by atoms with van der Waals surface area (Å²) in [5.41, 5.74) is 0.619. The fraction of sp³-hybridized carbons (Fsp3) is 0.231. The van der Waals surface area contributed by atoms with Crippen LogP contribution in [0.2, 0.25) is 0 Å². The number of nitrogens with one attached hydrogen (secondary N) is 2. The second-order valence-electron chi connectivity index (χ2n) is 4.29. The van der Waals surface area contributed by atoms with E-state index in [0.717, 1.165) is 13.0 Å². The van der Waals surface area contributed by atoms with Crippen molar-refractivity contribution in [2.45, 2.75) is 12.8 Å². The number of aromatic amines is 1. The van der Waals surface area contributed by atoms with Gasteiger partial charge in [-0.1, -0.05) is 18.2 Å². The molecule has 0 bridgehead atoms. The molecule has 0 spiro atoms. The number of anilines is 1. The largest absolute Gasteiger partial charge is 0.371 e. The van der Waals surface area contributed by atoms with Crippen LogP contribution in [0, 0.1) is 0 Å². The van der Waals surface area contributed by atoms with Crippen LogP contribution in [-0.2, 0) is 6.42 Å². The van der Waals surface area contributed by atoms with Crippen LogP contribution in [0.5, 0.6) is 0 Å². The van der Waals surface area contributed by atoms with Crippen molar-refractivity contribution >= 4 is 5.82 Å². The zero-order valence-corrected chi connectivity index (χ0v) is 9.77. The van der Waals surface area contributed by atoms with Gasteiger partial charge in [-0.3, -0.25) is 9.78 Å². The van der Waals surface area contributed by atoms with Gasteiger partial charge in [0.1, 0.15) is 5.82 Å². The third-order valence-corrected chi connectivity index (χ3v) is 3.12. The zero-order chi connectivity index (χ0) is 12.5. The van der Waals surface area contributed by atoms with E-state index in [0.29, 0.717) is 23.5 Å². The van der Waals surface area contributed by atoms with Crippen LogP contribution in [0.4, 0.5) is 5.82 Å². The first kappa shape index (κ1) is 10.8. The first-order valence-electron chi connectivity index (χ1n) is 5.95. The van der Waals surface area contributed by atoms with Crippen LogP contribution in [0.1, 0.15) is 12.0 Å². The number of para-hydroxylation sites is 1.